The molecule has 0 unspecified atom stereocenters. The van der Waals surface area contributed by atoms with Crippen LogP contribution in [-0.4, -0.2) is 38.2 Å². The lowest BCUT2D eigenvalue weighted by molar-refractivity contribution is -0.384. The molecule has 2 aromatic rings. The fourth-order valence-corrected chi connectivity index (χ4v) is 2.59. The summed E-state index contributed by atoms with van der Waals surface area (Å²) in [7, 11) is 3.03. The van der Waals surface area contributed by atoms with E-state index in [2.05, 4.69) is 10.1 Å². The predicted molar refractivity (Wildman–Crippen MR) is 104 cm³/mol. The third-order valence-corrected chi connectivity index (χ3v) is 4.07. The Morgan fingerprint density at radius 3 is 2.37 bits per heavy atom. The first-order chi connectivity index (χ1) is 14.3. The second kappa shape index (κ2) is 10.7. The molecule has 30 heavy (non-hydrogen) atoms. The van der Waals surface area contributed by atoms with Gasteiger partial charge in [0.1, 0.15) is 6.26 Å². The van der Waals surface area contributed by atoms with Crippen molar-refractivity contribution >= 4 is 17.2 Å². The number of hydrogen-bond donors (Lipinski definition) is 1. The molecule has 0 aliphatic rings. The van der Waals surface area contributed by atoms with Gasteiger partial charge >= 0.3 is 6.61 Å². The molecule has 10 heteroatoms. The van der Waals surface area contributed by atoms with Crippen molar-refractivity contribution in [3.05, 3.63) is 70.0 Å². The molecule has 1 N–H and O–H groups in total. The Morgan fingerprint density at radius 2 is 1.80 bits per heavy atom. The molecule has 0 radical (unpaired) electrons. The molecular weight excluding hydrogens is 402 g/mol. The van der Waals surface area contributed by atoms with Gasteiger partial charge < -0.3 is 19.5 Å². The van der Waals surface area contributed by atoms with Gasteiger partial charge in [-0.05, 0) is 41.8 Å². The first kappa shape index (κ1) is 22.6. The molecule has 0 fully saturated rings. The molecule has 0 aliphatic heterocycles. The summed E-state index contributed by atoms with van der Waals surface area (Å²) in [5.41, 5.74) is 0.682. The van der Waals surface area contributed by atoms with Gasteiger partial charge in [-0.25, -0.2) is 0 Å². The molecule has 8 nitrogen and oxygen atoms in total. The van der Waals surface area contributed by atoms with Crippen LogP contribution in [0.4, 0.5) is 14.5 Å². The Hall–Kier alpha value is -3.69. The van der Waals surface area contributed by atoms with Crippen LogP contribution in [0.3, 0.4) is 0 Å². The average molecular weight is 422 g/mol. The van der Waals surface area contributed by atoms with Gasteiger partial charge in [0.25, 0.3) is 11.6 Å². The topological polar surface area (TPSA) is 99.9 Å². The summed E-state index contributed by atoms with van der Waals surface area (Å²) in [4.78, 5) is 22.7. The normalized spacial score (nSPS) is 11.2. The number of hydrogen-bond acceptors (Lipinski definition) is 6. The Balaban J connectivity index is 2.09. The van der Waals surface area contributed by atoms with E-state index < -0.39 is 17.4 Å². The van der Waals surface area contributed by atoms with Gasteiger partial charge in [0.2, 0.25) is 0 Å². The van der Waals surface area contributed by atoms with E-state index in [1.54, 1.807) is 18.2 Å². The number of non-ortho nitro benzene ring substituents is 1. The molecule has 0 bridgehead atoms. The predicted octanol–water partition coefficient (Wildman–Crippen LogP) is 3.55. The van der Waals surface area contributed by atoms with Crippen LogP contribution in [-0.2, 0) is 16.0 Å². The van der Waals surface area contributed by atoms with E-state index in [-0.39, 0.29) is 23.4 Å². The highest BCUT2D eigenvalue weighted by atomic mass is 19.3. The lowest BCUT2D eigenvalue weighted by Gasteiger charge is -2.11. The summed E-state index contributed by atoms with van der Waals surface area (Å²) < 4.78 is 39.4. The summed E-state index contributed by atoms with van der Waals surface area (Å²) in [6.07, 6.45) is 1.08. The minimum atomic E-state index is -3.11. The summed E-state index contributed by atoms with van der Waals surface area (Å²) >= 11 is 0. The summed E-state index contributed by atoms with van der Waals surface area (Å²) in [5.74, 6) is 0.445. The molecule has 1 amide bonds. The number of nitrogens with zero attached hydrogens (tertiary/aromatic N) is 1. The fourth-order valence-electron chi connectivity index (χ4n) is 2.59. The Morgan fingerprint density at radius 1 is 1.13 bits per heavy atom. The summed E-state index contributed by atoms with van der Waals surface area (Å²) in [5, 5.41) is 13.4. The Bertz CT molecular complexity index is 916. The zero-order valence-electron chi connectivity index (χ0n) is 16.3. The minimum Gasteiger partial charge on any atom is -0.493 e. The quantitative estimate of drug-likeness (QED) is 0.272. The fraction of sp³-hybridized carbons (Fsp3) is 0.250. The van der Waals surface area contributed by atoms with E-state index >= 15 is 0 Å². The maximum Gasteiger partial charge on any atom is 0.386 e. The number of nitrogens with one attached hydrogen (secondary N) is 1. The third-order valence-electron chi connectivity index (χ3n) is 4.07. The number of benzene rings is 2. The van der Waals surface area contributed by atoms with Crippen LogP contribution in [0.1, 0.15) is 11.1 Å². The molecule has 0 spiro atoms. The lowest BCUT2D eigenvalue weighted by atomic mass is 10.1. The number of methoxy groups -OCH3 is 2. The third kappa shape index (κ3) is 6.16. The smallest absolute Gasteiger partial charge is 0.386 e. The number of amides is 1. The number of carbonyl (C=O) groups is 1. The molecule has 0 atom stereocenters. The molecule has 2 rings (SSSR count). The van der Waals surface area contributed by atoms with Gasteiger partial charge in [0, 0.05) is 18.7 Å². The molecule has 0 saturated heterocycles. The van der Waals surface area contributed by atoms with Crippen molar-refractivity contribution < 1.29 is 32.7 Å². The molecule has 0 saturated carbocycles. The van der Waals surface area contributed by atoms with Crippen LogP contribution in [0, 0.1) is 10.1 Å². The zero-order valence-corrected chi connectivity index (χ0v) is 16.3. The highest BCUT2D eigenvalue weighted by Gasteiger charge is 2.16. The Labute approximate surface area is 171 Å². The highest BCUT2D eigenvalue weighted by molar-refractivity contribution is 6.19. The Kier molecular flexibility index (Phi) is 8.09. The minimum absolute atomic E-state index is 0.183. The highest BCUT2D eigenvalue weighted by Crippen LogP contribution is 2.27. The second-order valence-electron chi connectivity index (χ2n) is 5.93. The summed E-state index contributed by atoms with van der Waals surface area (Å²) in [6, 6.07) is 10.2. The van der Waals surface area contributed by atoms with Crippen molar-refractivity contribution in [3.63, 3.8) is 0 Å². The van der Waals surface area contributed by atoms with Gasteiger partial charge in [-0.15, -0.1) is 0 Å². The molecule has 160 valence electrons. The van der Waals surface area contributed by atoms with E-state index in [1.807, 2.05) is 0 Å². The summed E-state index contributed by atoms with van der Waals surface area (Å²) in [6.45, 7) is -2.91. The van der Waals surface area contributed by atoms with E-state index in [0.29, 0.717) is 24.2 Å². The monoisotopic (exact) mass is 422 g/mol. The molecule has 0 heterocycles. The van der Waals surface area contributed by atoms with Crippen molar-refractivity contribution in [1.82, 2.24) is 5.32 Å². The number of rotatable bonds is 10. The van der Waals surface area contributed by atoms with Gasteiger partial charge in [-0.2, -0.15) is 8.78 Å². The van der Waals surface area contributed by atoms with Gasteiger partial charge in [0.05, 0.1) is 24.7 Å². The van der Waals surface area contributed by atoms with Gasteiger partial charge in [-0.3, -0.25) is 14.9 Å². The average Bonchev–Trinajstić information content (AvgIpc) is 2.73. The van der Waals surface area contributed by atoms with Crippen molar-refractivity contribution in [2.24, 2.45) is 0 Å². The molecule has 0 aromatic heterocycles. The van der Waals surface area contributed by atoms with E-state index in [9.17, 15) is 23.7 Å². The van der Waals surface area contributed by atoms with Crippen LogP contribution in [0.2, 0.25) is 0 Å². The van der Waals surface area contributed by atoms with Crippen LogP contribution in [0.25, 0.3) is 5.57 Å². The first-order valence-electron chi connectivity index (χ1n) is 8.73. The van der Waals surface area contributed by atoms with Crippen molar-refractivity contribution in [2.45, 2.75) is 13.0 Å². The zero-order chi connectivity index (χ0) is 22.1. The number of nitro benzene ring substituents is 1. The molecular formula is C20H20F2N2O6. The maximum atomic E-state index is 12.5. The number of ether oxygens (including phenoxy) is 3. The van der Waals surface area contributed by atoms with Crippen molar-refractivity contribution in [3.8, 4) is 11.5 Å². The SMILES string of the molecule is COc1ccc(CCNC(=O)/C(=C/OC(F)F)c2ccc([N+](=O)[O-])cc2)cc1OC. The number of halogens is 2. The number of carbonyl (C=O) groups excluding carboxylic acids is 1. The maximum absolute atomic E-state index is 12.5. The molecule has 0 aliphatic carbocycles. The van der Waals surface area contributed by atoms with Crippen LogP contribution in [0.15, 0.2) is 48.7 Å². The van der Waals surface area contributed by atoms with Crippen molar-refractivity contribution in [1.29, 1.82) is 0 Å². The van der Waals surface area contributed by atoms with E-state index in [4.69, 9.17) is 9.47 Å². The van der Waals surface area contributed by atoms with E-state index in [0.717, 1.165) is 5.56 Å². The van der Waals surface area contributed by atoms with E-state index in [1.165, 1.54) is 38.5 Å². The number of alkyl halides is 2. The number of nitro groups is 1. The van der Waals surface area contributed by atoms with Crippen molar-refractivity contribution in [2.75, 3.05) is 20.8 Å². The largest absolute Gasteiger partial charge is 0.493 e. The van der Waals surface area contributed by atoms with Gasteiger partial charge in [-0.1, -0.05) is 6.07 Å². The lowest BCUT2D eigenvalue weighted by Crippen LogP contribution is -2.27. The standard InChI is InChI=1S/C20H20F2N2O6/c1-28-17-8-3-13(11-18(17)29-2)9-10-23-19(25)16(12-30-20(21)22)14-4-6-15(7-5-14)24(26)27/h3-8,11-12,20H,9-10H2,1-2H3,(H,23,25)/b16-12+. The van der Waals surface area contributed by atoms with Crippen LogP contribution < -0.4 is 14.8 Å². The van der Waals surface area contributed by atoms with Crippen LogP contribution >= 0.6 is 0 Å². The first-order valence-corrected chi connectivity index (χ1v) is 8.73. The van der Waals surface area contributed by atoms with Crippen LogP contribution in [0.5, 0.6) is 11.5 Å². The molecule has 2 aromatic carbocycles. The second-order valence-corrected chi connectivity index (χ2v) is 5.93. The van der Waals surface area contributed by atoms with Gasteiger partial charge in [0.15, 0.2) is 11.5 Å².